The molecule has 0 fully saturated rings. The van der Waals surface area contributed by atoms with E-state index in [0.29, 0.717) is 10.0 Å². The normalized spacial score (nSPS) is 12.5. The van der Waals surface area contributed by atoms with E-state index in [1.54, 1.807) is 6.07 Å². The quantitative estimate of drug-likeness (QED) is 0.412. The molecule has 0 saturated carbocycles. The highest BCUT2D eigenvalue weighted by Crippen LogP contribution is 2.40. The molecule has 2 aromatic carbocycles. The van der Waals surface area contributed by atoms with Gasteiger partial charge in [-0.1, -0.05) is 77.1 Å². The lowest BCUT2D eigenvalue weighted by Gasteiger charge is -2.15. The van der Waals surface area contributed by atoms with Crippen LogP contribution in [-0.2, 0) is 0 Å². The molecule has 1 unspecified atom stereocenters. The summed E-state index contributed by atoms with van der Waals surface area (Å²) in [7, 11) is 0. The number of alkyl halides is 1. The minimum absolute atomic E-state index is 0.00846. The van der Waals surface area contributed by atoms with Crippen molar-refractivity contribution in [3.05, 3.63) is 66.5 Å². The van der Waals surface area contributed by atoms with Gasteiger partial charge in [-0.05, 0) is 41.5 Å². The molecule has 0 aromatic heterocycles. The zero-order valence-electron chi connectivity index (χ0n) is 8.93. The lowest BCUT2D eigenvalue weighted by molar-refractivity contribution is 1.16. The second-order valence-corrected chi connectivity index (χ2v) is 7.22. The highest BCUT2D eigenvalue weighted by molar-refractivity contribution is 9.11. The SMILES string of the molecule is Clc1ccc(C(Br)c2cc(Br)ccc2Br)c(Cl)c1. The first-order valence-electron chi connectivity index (χ1n) is 5.03. The van der Waals surface area contributed by atoms with E-state index in [9.17, 15) is 0 Å². The summed E-state index contributed by atoms with van der Waals surface area (Å²) in [6, 6.07) is 11.5. The van der Waals surface area contributed by atoms with Gasteiger partial charge in [0.2, 0.25) is 0 Å². The highest BCUT2D eigenvalue weighted by atomic mass is 79.9. The van der Waals surface area contributed by atoms with Crippen LogP contribution in [0.15, 0.2) is 45.3 Å². The molecule has 0 N–H and O–H groups in total. The summed E-state index contributed by atoms with van der Waals surface area (Å²) in [6.07, 6.45) is 0. The maximum absolute atomic E-state index is 6.22. The van der Waals surface area contributed by atoms with Crippen LogP contribution >= 0.6 is 71.0 Å². The van der Waals surface area contributed by atoms with Crippen molar-refractivity contribution < 1.29 is 0 Å². The van der Waals surface area contributed by atoms with E-state index < -0.39 is 0 Å². The first-order valence-corrected chi connectivity index (χ1v) is 8.29. The van der Waals surface area contributed by atoms with E-state index in [2.05, 4.69) is 53.9 Å². The molecule has 0 amide bonds. The van der Waals surface area contributed by atoms with Crippen molar-refractivity contribution in [1.29, 1.82) is 0 Å². The van der Waals surface area contributed by atoms with Crippen LogP contribution in [0, 0.1) is 0 Å². The molecule has 0 saturated heterocycles. The van der Waals surface area contributed by atoms with E-state index in [1.165, 1.54) is 0 Å². The van der Waals surface area contributed by atoms with Crippen LogP contribution in [0.4, 0.5) is 0 Å². The highest BCUT2D eigenvalue weighted by Gasteiger charge is 2.16. The fourth-order valence-corrected chi connectivity index (χ4v) is 4.17. The molecule has 0 aliphatic heterocycles. The van der Waals surface area contributed by atoms with Gasteiger partial charge in [0, 0.05) is 19.0 Å². The van der Waals surface area contributed by atoms with E-state index in [-0.39, 0.29) is 4.83 Å². The van der Waals surface area contributed by atoms with Gasteiger partial charge in [-0.25, -0.2) is 0 Å². The van der Waals surface area contributed by atoms with Gasteiger partial charge in [0.1, 0.15) is 0 Å². The summed E-state index contributed by atoms with van der Waals surface area (Å²) in [5.74, 6) is 0. The van der Waals surface area contributed by atoms with Crippen molar-refractivity contribution in [1.82, 2.24) is 0 Å². The number of benzene rings is 2. The molecule has 2 aromatic rings. The monoisotopic (exact) mass is 470 g/mol. The lowest BCUT2D eigenvalue weighted by Crippen LogP contribution is -1.95. The van der Waals surface area contributed by atoms with E-state index >= 15 is 0 Å². The van der Waals surface area contributed by atoms with Crippen molar-refractivity contribution in [3.8, 4) is 0 Å². The summed E-state index contributed by atoms with van der Waals surface area (Å²) in [5.41, 5.74) is 2.09. The lowest BCUT2D eigenvalue weighted by atomic mass is 10.0. The first-order chi connectivity index (χ1) is 8.49. The van der Waals surface area contributed by atoms with Gasteiger partial charge < -0.3 is 0 Å². The van der Waals surface area contributed by atoms with E-state index in [4.69, 9.17) is 23.2 Å². The molecule has 0 aliphatic rings. The van der Waals surface area contributed by atoms with Crippen LogP contribution in [0.25, 0.3) is 0 Å². The van der Waals surface area contributed by atoms with Gasteiger partial charge >= 0.3 is 0 Å². The van der Waals surface area contributed by atoms with Gasteiger partial charge in [0.05, 0.1) is 4.83 Å². The largest absolute Gasteiger partial charge is 0.0843 e. The predicted octanol–water partition coefficient (Wildman–Crippen LogP) is 7.00. The maximum atomic E-state index is 6.22. The second-order valence-electron chi connectivity index (χ2n) is 3.69. The van der Waals surface area contributed by atoms with Crippen molar-refractivity contribution in [3.63, 3.8) is 0 Å². The van der Waals surface area contributed by atoms with Gasteiger partial charge in [0.25, 0.3) is 0 Å². The summed E-state index contributed by atoms with van der Waals surface area (Å²) >= 11 is 22.8. The third-order valence-corrected chi connectivity index (χ3v) is 5.23. The number of rotatable bonds is 2. The Kier molecular flexibility index (Phi) is 5.18. The fourth-order valence-electron chi connectivity index (χ4n) is 1.58. The standard InChI is InChI=1S/C13H7Br3Cl2/c14-7-1-4-11(15)10(5-7)13(16)9-3-2-8(17)6-12(9)18/h1-6,13H. The van der Waals surface area contributed by atoms with E-state index in [0.717, 1.165) is 20.1 Å². The first kappa shape index (κ1) is 14.9. The Morgan fingerprint density at radius 3 is 2.28 bits per heavy atom. The predicted molar refractivity (Wildman–Crippen MR) is 89.1 cm³/mol. The third-order valence-electron chi connectivity index (χ3n) is 2.47. The molecule has 0 radical (unpaired) electrons. The van der Waals surface area contributed by atoms with Crippen LogP contribution in [0.5, 0.6) is 0 Å². The van der Waals surface area contributed by atoms with Gasteiger partial charge in [0.15, 0.2) is 0 Å². The number of hydrogen-bond donors (Lipinski definition) is 0. The summed E-state index contributed by atoms with van der Waals surface area (Å²) in [4.78, 5) is 0.00846. The average Bonchev–Trinajstić information content (AvgIpc) is 2.31. The topological polar surface area (TPSA) is 0 Å². The van der Waals surface area contributed by atoms with Crippen LogP contribution < -0.4 is 0 Å². The van der Waals surface area contributed by atoms with Crippen LogP contribution in [0.3, 0.4) is 0 Å². The van der Waals surface area contributed by atoms with Crippen LogP contribution in [-0.4, -0.2) is 0 Å². The summed E-state index contributed by atoms with van der Waals surface area (Å²) in [5, 5.41) is 1.29. The van der Waals surface area contributed by atoms with Crippen LogP contribution in [0.1, 0.15) is 16.0 Å². The Hall–Kier alpha value is 0.460. The molecule has 0 heterocycles. The Labute approximate surface area is 141 Å². The van der Waals surface area contributed by atoms with Crippen molar-refractivity contribution in [2.45, 2.75) is 4.83 Å². The van der Waals surface area contributed by atoms with Crippen molar-refractivity contribution in [2.24, 2.45) is 0 Å². The molecule has 5 heteroatoms. The zero-order valence-corrected chi connectivity index (χ0v) is 15.2. The number of halogens is 5. The second kappa shape index (κ2) is 6.27. The maximum Gasteiger partial charge on any atom is 0.0670 e. The smallest absolute Gasteiger partial charge is 0.0670 e. The molecule has 0 nitrogen and oxygen atoms in total. The zero-order chi connectivity index (χ0) is 13.3. The number of hydrogen-bond acceptors (Lipinski definition) is 0. The Morgan fingerprint density at radius 1 is 0.889 bits per heavy atom. The Morgan fingerprint density at radius 2 is 1.61 bits per heavy atom. The molecule has 94 valence electrons. The summed E-state index contributed by atoms with van der Waals surface area (Å²) < 4.78 is 2.05. The van der Waals surface area contributed by atoms with Gasteiger partial charge in [-0.15, -0.1) is 0 Å². The third kappa shape index (κ3) is 3.31. The fraction of sp³-hybridized carbons (Fsp3) is 0.0769. The molecule has 2 rings (SSSR count). The molecule has 0 spiro atoms. The molecule has 0 bridgehead atoms. The molecular weight excluding hydrogens is 467 g/mol. The van der Waals surface area contributed by atoms with Crippen molar-refractivity contribution >= 4 is 71.0 Å². The Bertz CT molecular complexity index is 584. The molecule has 0 aliphatic carbocycles. The molecule has 1 atom stereocenters. The van der Waals surface area contributed by atoms with Crippen LogP contribution in [0.2, 0.25) is 10.0 Å². The van der Waals surface area contributed by atoms with Gasteiger partial charge in [-0.2, -0.15) is 0 Å². The van der Waals surface area contributed by atoms with E-state index in [1.807, 2.05) is 24.3 Å². The van der Waals surface area contributed by atoms with Gasteiger partial charge in [-0.3, -0.25) is 0 Å². The minimum atomic E-state index is 0.00846. The molecule has 18 heavy (non-hydrogen) atoms. The molecular formula is C13H7Br3Cl2. The van der Waals surface area contributed by atoms with Crippen molar-refractivity contribution in [2.75, 3.05) is 0 Å². The average molecular weight is 474 g/mol. The Balaban J connectivity index is 2.47. The minimum Gasteiger partial charge on any atom is -0.0843 e. The summed E-state index contributed by atoms with van der Waals surface area (Å²) in [6.45, 7) is 0.